The number of hydrogen-bond donors (Lipinski definition) is 2. The van der Waals surface area contributed by atoms with Gasteiger partial charge in [-0.15, -0.1) is 0 Å². The lowest BCUT2D eigenvalue weighted by molar-refractivity contribution is -0.132. The van der Waals surface area contributed by atoms with Crippen LogP contribution < -0.4 is 9.86 Å². The number of piperidine rings is 1. The van der Waals surface area contributed by atoms with Crippen LogP contribution in [0.1, 0.15) is 18.6 Å². The van der Waals surface area contributed by atoms with Crippen molar-refractivity contribution in [3.63, 3.8) is 0 Å². The first kappa shape index (κ1) is 17.9. The van der Waals surface area contributed by atoms with Gasteiger partial charge in [0.05, 0.1) is 19.4 Å². The quantitative estimate of drug-likeness (QED) is 0.708. The molecule has 1 aromatic heterocycles. The summed E-state index contributed by atoms with van der Waals surface area (Å²) in [6, 6.07) is 3.63. The average Bonchev–Trinajstić information content (AvgIpc) is 2.97. The normalized spacial score (nSPS) is 19.7. The lowest BCUT2D eigenvalue weighted by Gasteiger charge is -2.33. The van der Waals surface area contributed by atoms with Gasteiger partial charge >= 0.3 is 0 Å². The van der Waals surface area contributed by atoms with Gasteiger partial charge in [0.2, 0.25) is 5.91 Å². The number of carbonyl (C=O) groups excluding carboxylic acids is 1. The van der Waals surface area contributed by atoms with Crippen LogP contribution in [0.2, 0.25) is 0 Å². The Hall–Kier alpha value is -1.42. The number of likely N-dealkylation sites (N-methyl/N-ethyl adjacent to an activating group) is 1. The molecule has 1 saturated heterocycles. The number of nitrogens with zero attached hydrogens (tertiary/aromatic N) is 2. The van der Waals surface area contributed by atoms with Crippen LogP contribution in [0.3, 0.4) is 0 Å². The summed E-state index contributed by atoms with van der Waals surface area (Å²) >= 11 is 0. The van der Waals surface area contributed by atoms with E-state index in [1.807, 2.05) is 6.07 Å². The van der Waals surface area contributed by atoms with Crippen LogP contribution in [0.25, 0.3) is 0 Å². The van der Waals surface area contributed by atoms with Crippen molar-refractivity contribution in [2.75, 3.05) is 33.2 Å². The molecule has 1 fully saturated rings. The summed E-state index contributed by atoms with van der Waals surface area (Å²) in [5, 5.41) is 4.95. The molecule has 1 atom stereocenters. The molecule has 8 nitrogen and oxygen atoms in total. The van der Waals surface area contributed by atoms with Crippen molar-refractivity contribution in [3.8, 4) is 0 Å². The zero-order valence-electron chi connectivity index (χ0n) is 13.3. The Bertz CT molecular complexity index is 602. The van der Waals surface area contributed by atoms with Crippen LogP contribution in [0, 0.1) is 5.92 Å². The third kappa shape index (κ3) is 6.30. The van der Waals surface area contributed by atoms with E-state index in [0.717, 1.165) is 25.1 Å². The zero-order chi connectivity index (χ0) is 16.9. The Labute approximate surface area is 136 Å². The van der Waals surface area contributed by atoms with Gasteiger partial charge in [-0.25, -0.2) is 9.86 Å². The van der Waals surface area contributed by atoms with Gasteiger partial charge in [-0.3, -0.25) is 9.69 Å². The van der Waals surface area contributed by atoms with E-state index >= 15 is 0 Å². The van der Waals surface area contributed by atoms with Gasteiger partial charge in [0, 0.05) is 20.1 Å². The predicted octanol–water partition coefficient (Wildman–Crippen LogP) is -0.257. The van der Waals surface area contributed by atoms with E-state index in [1.54, 1.807) is 24.3 Å². The van der Waals surface area contributed by atoms with E-state index in [0.29, 0.717) is 26.2 Å². The summed E-state index contributed by atoms with van der Waals surface area (Å²) in [6.45, 7) is 2.60. The molecule has 2 heterocycles. The third-order valence-corrected chi connectivity index (χ3v) is 4.50. The van der Waals surface area contributed by atoms with Gasteiger partial charge in [0.15, 0.2) is 0 Å². The predicted molar refractivity (Wildman–Crippen MR) is 85.5 cm³/mol. The number of likely N-dealkylation sites (tertiary alicyclic amines) is 1. The van der Waals surface area contributed by atoms with Crippen LogP contribution in [0.4, 0.5) is 0 Å². The molecule has 0 radical (unpaired) electrons. The number of amides is 1. The second-order valence-electron chi connectivity index (χ2n) is 5.97. The third-order valence-electron chi connectivity index (χ3n) is 3.93. The topological polar surface area (TPSA) is 109 Å². The highest BCUT2D eigenvalue weighted by Gasteiger charge is 2.23. The van der Waals surface area contributed by atoms with Crippen LogP contribution in [0.15, 0.2) is 22.8 Å². The van der Waals surface area contributed by atoms with Gasteiger partial charge in [-0.1, -0.05) is 0 Å². The lowest BCUT2D eigenvalue weighted by Crippen LogP contribution is -2.46. The highest BCUT2D eigenvalue weighted by molar-refractivity contribution is 7.87. The second-order valence-corrected chi connectivity index (χ2v) is 7.34. The minimum Gasteiger partial charge on any atom is -0.467 e. The summed E-state index contributed by atoms with van der Waals surface area (Å²) in [6.07, 6.45) is 3.45. The van der Waals surface area contributed by atoms with Crippen LogP contribution >= 0.6 is 0 Å². The number of rotatable bonds is 7. The van der Waals surface area contributed by atoms with Crippen molar-refractivity contribution in [1.29, 1.82) is 0 Å². The second kappa shape index (κ2) is 7.91. The molecular weight excluding hydrogens is 320 g/mol. The minimum atomic E-state index is -3.66. The first-order valence-corrected chi connectivity index (χ1v) is 9.14. The molecule has 0 bridgehead atoms. The molecule has 3 N–H and O–H groups in total. The van der Waals surface area contributed by atoms with E-state index < -0.39 is 10.2 Å². The fourth-order valence-electron chi connectivity index (χ4n) is 2.73. The van der Waals surface area contributed by atoms with Gasteiger partial charge in [0.1, 0.15) is 5.76 Å². The van der Waals surface area contributed by atoms with E-state index in [2.05, 4.69) is 9.62 Å². The van der Waals surface area contributed by atoms with Crippen molar-refractivity contribution in [2.24, 2.45) is 11.1 Å². The Morgan fingerprint density at radius 2 is 2.35 bits per heavy atom. The number of hydrogen-bond acceptors (Lipinski definition) is 5. The van der Waals surface area contributed by atoms with Gasteiger partial charge in [0.25, 0.3) is 10.2 Å². The van der Waals surface area contributed by atoms with E-state index in [9.17, 15) is 13.2 Å². The van der Waals surface area contributed by atoms with E-state index in [4.69, 9.17) is 9.56 Å². The van der Waals surface area contributed by atoms with E-state index in [-0.39, 0.29) is 11.8 Å². The maximum atomic E-state index is 12.3. The number of nitrogens with one attached hydrogen (secondary N) is 1. The van der Waals surface area contributed by atoms with Crippen molar-refractivity contribution >= 4 is 16.1 Å². The van der Waals surface area contributed by atoms with Crippen LogP contribution in [-0.4, -0.2) is 57.4 Å². The summed E-state index contributed by atoms with van der Waals surface area (Å²) in [7, 11) is -1.92. The summed E-state index contributed by atoms with van der Waals surface area (Å²) in [5.41, 5.74) is 0. The maximum absolute atomic E-state index is 12.3. The minimum absolute atomic E-state index is 0.0152. The monoisotopic (exact) mass is 344 g/mol. The molecule has 1 aliphatic heterocycles. The van der Waals surface area contributed by atoms with Crippen molar-refractivity contribution in [2.45, 2.75) is 19.4 Å². The fraction of sp³-hybridized carbons (Fsp3) is 0.643. The zero-order valence-corrected chi connectivity index (χ0v) is 14.1. The van der Waals surface area contributed by atoms with Crippen LogP contribution in [-0.2, 0) is 21.5 Å². The number of carbonyl (C=O) groups is 1. The Balaban J connectivity index is 1.78. The molecule has 2 rings (SSSR count). The van der Waals surface area contributed by atoms with Crippen molar-refractivity contribution in [3.05, 3.63) is 24.2 Å². The molecule has 130 valence electrons. The molecule has 1 aromatic rings. The van der Waals surface area contributed by atoms with E-state index in [1.165, 1.54) is 0 Å². The average molecular weight is 344 g/mol. The molecule has 1 amide bonds. The summed E-state index contributed by atoms with van der Waals surface area (Å²) in [4.78, 5) is 16.0. The Morgan fingerprint density at radius 3 is 3.00 bits per heavy atom. The number of furan rings is 1. The smallest absolute Gasteiger partial charge is 0.274 e. The molecule has 0 aliphatic carbocycles. The molecule has 1 aliphatic rings. The molecule has 0 spiro atoms. The Kier molecular flexibility index (Phi) is 6.17. The van der Waals surface area contributed by atoms with Gasteiger partial charge in [-0.05, 0) is 37.4 Å². The SMILES string of the molecule is CN(Cc1ccco1)C(=O)CN1CCC[C@@H](CNS(N)(=O)=O)C1. The fourth-order valence-corrected chi connectivity index (χ4v) is 3.20. The first-order chi connectivity index (χ1) is 10.8. The van der Waals surface area contributed by atoms with Gasteiger partial charge < -0.3 is 9.32 Å². The molecular formula is C14H24N4O4S. The standard InChI is InChI=1S/C14H24N4O4S/c1-17(10-13-5-3-7-22-13)14(19)11-18-6-2-4-12(9-18)8-16-23(15,20)21/h3,5,7,12,16H,2,4,6,8-11H2,1H3,(H2,15,20,21)/t12-/m0/s1. The molecule has 0 saturated carbocycles. The van der Waals surface area contributed by atoms with Crippen molar-refractivity contribution < 1.29 is 17.6 Å². The highest BCUT2D eigenvalue weighted by Crippen LogP contribution is 2.16. The molecule has 9 heteroatoms. The lowest BCUT2D eigenvalue weighted by atomic mass is 9.98. The largest absolute Gasteiger partial charge is 0.467 e. The molecule has 0 aromatic carbocycles. The molecule has 23 heavy (non-hydrogen) atoms. The highest BCUT2D eigenvalue weighted by atomic mass is 32.2. The Morgan fingerprint density at radius 1 is 1.57 bits per heavy atom. The van der Waals surface area contributed by atoms with Crippen molar-refractivity contribution in [1.82, 2.24) is 14.5 Å². The molecule has 0 unspecified atom stereocenters. The van der Waals surface area contributed by atoms with Crippen LogP contribution in [0.5, 0.6) is 0 Å². The summed E-state index contributed by atoms with van der Waals surface area (Å²) in [5.74, 6) is 0.932. The number of nitrogens with two attached hydrogens (primary N) is 1. The maximum Gasteiger partial charge on any atom is 0.274 e. The summed E-state index contributed by atoms with van der Waals surface area (Å²) < 4.78 is 29.5. The first-order valence-electron chi connectivity index (χ1n) is 7.59. The van der Waals surface area contributed by atoms with Gasteiger partial charge in [-0.2, -0.15) is 8.42 Å².